The molecule has 0 unspecified atom stereocenters. The molecule has 5 heteroatoms. The second-order valence-corrected chi connectivity index (χ2v) is 6.10. The number of phenols is 1. The fourth-order valence-corrected chi connectivity index (χ4v) is 3.00. The number of hydrogen-bond acceptors (Lipinski definition) is 3. The van der Waals surface area contributed by atoms with Gasteiger partial charge in [0.05, 0.1) is 12.1 Å². The molecule has 1 saturated heterocycles. The molecular weight excluding hydrogens is 312 g/mol. The smallest absolute Gasteiger partial charge is 0.227 e. The summed E-state index contributed by atoms with van der Waals surface area (Å²) in [6.45, 7) is 2.68. The molecule has 2 aromatic carbocycles. The Hall–Kier alpha value is -2.20. The standard InChI is InChI=1S/C18H19ClN2O2/c19-15-6-7-17(22)16(13-15)20-8-10-21(11-9-20)18(23)12-14-4-2-1-3-5-14/h1-7,13,22H,8-12H2. The quantitative estimate of drug-likeness (QED) is 0.941. The van der Waals surface area contributed by atoms with Gasteiger partial charge in [-0.2, -0.15) is 0 Å². The average molecular weight is 331 g/mol. The van der Waals surface area contributed by atoms with E-state index in [2.05, 4.69) is 4.90 Å². The number of benzene rings is 2. The highest BCUT2D eigenvalue weighted by Crippen LogP contribution is 2.30. The predicted octanol–water partition coefficient (Wildman–Crippen LogP) is 2.94. The monoisotopic (exact) mass is 330 g/mol. The zero-order chi connectivity index (χ0) is 16.2. The Labute approximate surface area is 140 Å². The van der Waals surface area contributed by atoms with Crippen LogP contribution in [0.2, 0.25) is 5.02 Å². The highest BCUT2D eigenvalue weighted by Gasteiger charge is 2.22. The number of aromatic hydroxyl groups is 1. The third-order valence-electron chi connectivity index (χ3n) is 4.11. The van der Waals surface area contributed by atoms with E-state index in [1.54, 1.807) is 18.2 Å². The summed E-state index contributed by atoms with van der Waals surface area (Å²) in [5.74, 6) is 0.365. The van der Waals surface area contributed by atoms with Crippen molar-refractivity contribution in [2.45, 2.75) is 6.42 Å². The van der Waals surface area contributed by atoms with Crippen LogP contribution in [-0.2, 0) is 11.2 Å². The molecule has 1 aliphatic rings. The van der Waals surface area contributed by atoms with Gasteiger partial charge in [-0.3, -0.25) is 4.79 Å². The van der Waals surface area contributed by atoms with Crippen molar-refractivity contribution in [1.29, 1.82) is 0 Å². The van der Waals surface area contributed by atoms with Crippen LogP contribution in [0.3, 0.4) is 0 Å². The van der Waals surface area contributed by atoms with Crippen molar-refractivity contribution < 1.29 is 9.90 Å². The molecule has 4 nitrogen and oxygen atoms in total. The minimum atomic E-state index is 0.145. The van der Waals surface area contributed by atoms with E-state index in [0.717, 1.165) is 11.3 Å². The van der Waals surface area contributed by atoms with Crippen LogP contribution in [0.4, 0.5) is 5.69 Å². The van der Waals surface area contributed by atoms with Crippen LogP contribution in [0.25, 0.3) is 0 Å². The van der Waals surface area contributed by atoms with Gasteiger partial charge < -0.3 is 14.9 Å². The van der Waals surface area contributed by atoms with E-state index in [-0.39, 0.29) is 11.7 Å². The first-order chi connectivity index (χ1) is 11.1. The summed E-state index contributed by atoms with van der Waals surface area (Å²) in [5, 5.41) is 10.6. The van der Waals surface area contributed by atoms with E-state index in [1.807, 2.05) is 35.2 Å². The van der Waals surface area contributed by atoms with E-state index in [0.29, 0.717) is 37.6 Å². The normalized spacial score (nSPS) is 14.8. The van der Waals surface area contributed by atoms with Crippen molar-refractivity contribution in [2.75, 3.05) is 31.1 Å². The summed E-state index contributed by atoms with van der Waals surface area (Å²) in [6, 6.07) is 14.8. The Morgan fingerprint density at radius 2 is 1.74 bits per heavy atom. The van der Waals surface area contributed by atoms with E-state index >= 15 is 0 Å². The summed E-state index contributed by atoms with van der Waals surface area (Å²) < 4.78 is 0. The van der Waals surface area contributed by atoms with Crippen molar-refractivity contribution >= 4 is 23.2 Å². The number of halogens is 1. The number of amides is 1. The molecule has 1 fully saturated rings. The minimum absolute atomic E-state index is 0.145. The third-order valence-corrected chi connectivity index (χ3v) is 4.34. The molecule has 2 aromatic rings. The van der Waals surface area contributed by atoms with Crippen LogP contribution >= 0.6 is 11.6 Å². The van der Waals surface area contributed by atoms with Gasteiger partial charge >= 0.3 is 0 Å². The first-order valence-electron chi connectivity index (χ1n) is 7.68. The second kappa shape index (κ2) is 6.92. The van der Waals surface area contributed by atoms with Crippen molar-refractivity contribution in [3.05, 3.63) is 59.1 Å². The maximum atomic E-state index is 12.4. The first kappa shape index (κ1) is 15.7. The molecule has 0 spiro atoms. The van der Waals surface area contributed by atoms with Gasteiger partial charge in [0.2, 0.25) is 5.91 Å². The number of phenolic OH excluding ortho intramolecular Hbond substituents is 1. The highest BCUT2D eigenvalue weighted by atomic mass is 35.5. The molecule has 1 aliphatic heterocycles. The lowest BCUT2D eigenvalue weighted by Gasteiger charge is -2.36. The Morgan fingerprint density at radius 1 is 1.04 bits per heavy atom. The molecule has 0 bridgehead atoms. The molecule has 120 valence electrons. The number of piperazine rings is 1. The van der Waals surface area contributed by atoms with E-state index in [4.69, 9.17) is 11.6 Å². The molecule has 0 atom stereocenters. The summed E-state index contributed by atoms with van der Waals surface area (Å²) in [6.07, 6.45) is 0.434. The SMILES string of the molecule is O=C(Cc1ccccc1)N1CCN(c2cc(Cl)ccc2O)CC1. The summed E-state index contributed by atoms with van der Waals surface area (Å²) in [4.78, 5) is 16.3. The molecular formula is C18H19ClN2O2. The fraction of sp³-hybridized carbons (Fsp3) is 0.278. The zero-order valence-electron chi connectivity index (χ0n) is 12.8. The van der Waals surface area contributed by atoms with Crippen molar-refractivity contribution in [1.82, 2.24) is 4.90 Å². The Kier molecular flexibility index (Phi) is 4.72. The highest BCUT2D eigenvalue weighted by molar-refractivity contribution is 6.30. The van der Waals surface area contributed by atoms with Gasteiger partial charge in [-0.1, -0.05) is 41.9 Å². The number of anilines is 1. The van der Waals surface area contributed by atoms with Gasteiger partial charge in [0.1, 0.15) is 5.75 Å². The lowest BCUT2D eigenvalue weighted by Crippen LogP contribution is -2.49. The van der Waals surface area contributed by atoms with Crippen molar-refractivity contribution in [3.63, 3.8) is 0 Å². The largest absolute Gasteiger partial charge is 0.506 e. The number of rotatable bonds is 3. The van der Waals surface area contributed by atoms with Gasteiger partial charge in [-0.05, 0) is 23.8 Å². The molecule has 0 aromatic heterocycles. The Bertz CT molecular complexity index is 683. The van der Waals surface area contributed by atoms with Gasteiger partial charge in [0, 0.05) is 31.2 Å². The molecule has 1 heterocycles. The average Bonchev–Trinajstić information content (AvgIpc) is 2.58. The van der Waals surface area contributed by atoms with E-state index in [9.17, 15) is 9.90 Å². The van der Waals surface area contributed by atoms with E-state index < -0.39 is 0 Å². The summed E-state index contributed by atoms with van der Waals surface area (Å²) in [7, 11) is 0. The first-order valence-corrected chi connectivity index (χ1v) is 8.06. The molecule has 1 amide bonds. The van der Waals surface area contributed by atoms with Crippen LogP contribution in [-0.4, -0.2) is 42.1 Å². The molecule has 3 rings (SSSR count). The Morgan fingerprint density at radius 3 is 2.43 bits per heavy atom. The van der Waals surface area contributed by atoms with Gasteiger partial charge in [-0.25, -0.2) is 0 Å². The van der Waals surface area contributed by atoms with Crippen molar-refractivity contribution in [3.8, 4) is 5.75 Å². The number of carbonyl (C=O) groups excluding carboxylic acids is 1. The number of carbonyl (C=O) groups is 1. The minimum Gasteiger partial charge on any atom is -0.506 e. The van der Waals surface area contributed by atoms with Gasteiger partial charge in [0.15, 0.2) is 0 Å². The van der Waals surface area contributed by atoms with Crippen LogP contribution < -0.4 is 4.90 Å². The van der Waals surface area contributed by atoms with Crippen LogP contribution in [0.5, 0.6) is 5.75 Å². The zero-order valence-corrected chi connectivity index (χ0v) is 13.5. The maximum absolute atomic E-state index is 12.4. The second-order valence-electron chi connectivity index (χ2n) is 5.66. The maximum Gasteiger partial charge on any atom is 0.227 e. The van der Waals surface area contributed by atoms with Gasteiger partial charge in [-0.15, -0.1) is 0 Å². The van der Waals surface area contributed by atoms with Crippen LogP contribution in [0, 0.1) is 0 Å². The van der Waals surface area contributed by atoms with Gasteiger partial charge in [0.25, 0.3) is 0 Å². The molecule has 0 radical (unpaired) electrons. The van der Waals surface area contributed by atoms with E-state index in [1.165, 1.54) is 0 Å². The lowest BCUT2D eigenvalue weighted by atomic mass is 10.1. The summed E-state index contributed by atoms with van der Waals surface area (Å²) in [5.41, 5.74) is 1.76. The molecule has 0 saturated carbocycles. The predicted molar refractivity (Wildman–Crippen MR) is 92.1 cm³/mol. The van der Waals surface area contributed by atoms with Crippen LogP contribution in [0.15, 0.2) is 48.5 Å². The number of nitrogens with zero attached hydrogens (tertiary/aromatic N) is 2. The van der Waals surface area contributed by atoms with Crippen LogP contribution in [0.1, 0.15) is 5.56 Å². The lowest BCUT2D eigenvalue weighted by molar-refractivity contribution is -0.130. The fourth-order valence-electron chi connectivity index (χ4n) is 2.83. The molecule has 0 aliphatic carbocycles. The molecule has 1 N–H and O–H groups in total. The Balaban J connectivity index is 1.60. The number of hydrogen-bond donors (Lipinski definition) is 1. The molecule has 23 heavy (non-hydrogen) atoms. The van der Waals surface area contributed by atoms with Crippen molar-refractivity contribution in [2.24, 2.45) is 0 Å². The summed E-state index contributed by atoms with van der Waals surface area (Å²) >= 11 is 6.00. The third kappa shape index (κ3) is 3.77. The topological polar surface area (TPSA) is 43.8 Å².